The van der Waals surface area contributed by atoms with Gasteiger partial charge in [0.2, 0.25) is 4.96 Å². The number of esters is 1. The van der Waals surface area contributed by atoms with Gasteiger partial charge in [0.25, 0.3) is 0 Å². The molecule has 0 aliphatic heterocycles. The predicted octanol–water partition coefficient (Wildman–Crippen LogP) is 1.96. The highest BCUT2D eigenvalue weighted by Crippen LogP contribution is 2.28. The van der Waals surface area contributed by atoms with Crippen LogP contribution in [-0.4, -0.2) is 32.4 Å². The first-order valence-electron chi connectivity index (χ1n) is 6.18. The molecule has 102 valence electrons. The molecular weight excluding hydrogens is 276 g/mol. The molecule has 6 nitrogen and oxygen atoms in total. The lowest BCUT2D eigenvalue weighted by atomic mass is 10.1. The van der Waals surface area contributed by atoms with Crippen LogP contribution < -0.4 is 0 Å². The van der Waals surface area contributed by atoms with Gasteiger partial charge in [0.1, 0.15) is 11.3 Å². The Morgan fingerprint density at radius 2 is 2.25 bits per heavy atom. The maximum absolute atomic E-state index is 11.7. The molecule has 7 heteroatoms. The fourth-order valence-corrected chi connectivity index (χ4v) is 2.80. The second kappa shape index (κ2) is 5.38. The molecule has 0 aliphatic rings. The van der Waals surface area contributed by atoms with Crippen LogP contribution in [-0.2, 0) is 16.0 Å². The molecule has 0 radical (unpaired) electrons. The van der Waals surface area contributed by atoms with Gasteiger partial charge in [-0.2, -0.15) is 9.61 Å². The van der Waals surface area contributed by atoms with E-state index in [4.69, 9.17) is 4.74 Å². The molecule has 2 aromatic heterocycles. The monoisotopic (exact) mass is 288 g/mol. The van der Waals surface area contributed by atoms with Crippen molar-refractivity contribution in [1.82, 2.24) is 19.8 Å². The summed E-state index contributed by atoms with van der Waals surface area (Å²) in [5.74, 6) is -0.233. The predicted molar refractivity (Wildman–Crippen MR) is 74.4 cm³/mol. The van der Waals surface area contributed by atoms with E-state index in [-0.39, 0.29) is 12.4 Å². The highest BCUT2D eigenvalue weighted by Gasteiger charge is 2.14. The molecule has 2 heterocycles. The lowest BCUT2D eigenvalue weighted by Crippen LogP contribution is -2.08. The molecule has 0 saturated carbocycles. The van der Waals surface area contributed by atoms with E-state index >= 15 is 0 Å². The van der Waals surface area contributed by atoms with Crippen molar-refractivity contribution in [3.05, 3.63) is 36.2 Å². The van der Waals surface area contributed by atoms with Gasteiger partial charge in [-0.15, -0.1) is 10.2 Å². The summed E-state index contributed by atoms with van der Waals surface area (Å²) >= 11 is 1.44. The summed E-state index contributed by atoms with van der Waals surface area (Å²) < 4.78 is 6.62. The van der Waals surface area contributed by atoms with Crippen LogP contribution in [0.2, 0.25) is 0 Å². The molecule has 0 amide bonds. The van der Waals surface area contributed by atoms with Crippen LogP contribution in [0.5, 0.6) is 0 Å². The molecule has 20 heavy (non-hydrogen) atoms. The number of rotatable bonds is 4. The quantitative estimate of drug-likeness (QED) is 0.686. The minimum atomic E-state index is -0.233. The van der Waals surface area contributed by atoms with E-state index in [9.17, 15) is 4.79 Å². The van der Waals surface area contributed by atoms with Gasteiger partial charge < -0.3 is 4.74 Å². The average Bonchev–Trinajstić information content (AvgIpc) is 3.00. The Morgan fingerprint density at radius 1 is 1.40 bits per heavy atom. The first-order valence-corrected chi connectivity index (χ1v) is 7.00. The van der Waals surface area contributed by atoms with E-state index in [0.717, 1.165) is 21.1 Å². The summed E-state index contributed by atoms with van der Waals surface area (Å²) in [5.41, 5.74) is 1.83. The van der Waals surface area contributed by atoms with Crippen molar-refractivity contribution < 1.29 is 9.53 Å². The van der Waals surface area contributed by atoms with Gasteiger partial charge in [-0.3, -0.25) is 4.79 Å². The summed E-state index contributed by atoms with van der Waals surface area (Å²) in [4.78, 5) is 12.4. The van der Waals surface area contributed by atoms with Gasteiger partial charge in [0.15, 0.2) is 0 Å². The molecule has 0 aliphatic carbocycles. The standard InChI is InChI=1S/C13H12N4O2S/c1-2-19-11(18)7-9-5-3-4-6-10(9)12-16-17-8-14-15-13(17)20-12/h3-6,8H,2,7H2,1H3. The van der Waals surface area contributed by atoms with Gasteiger partial charge >= 0.3 is 5.97 Å². The summed E-state index contributed by atoms with van der Waals surface area (Å²) in [6.45, 7) is 2.18. The van der Waals surface area contributed by atoms with E-state index in [1.807, 2.05) is 24.3 Å². The second-order valence-corrected chi connectivity index (χ2v) is 5.06. The number of aromatic nitrogens is 4. The number of ether oxygens (including phenoxy) is 1. The number of fused-ring (bicyclic) bond motifs is 1. The van der Waals surface area contributed by atoms with E-state index in [1.165, 1.54) is 11.3 Å². The summed E-state index contributed by atoms with van der Waals surface area (Å²) in [6, 6.07) is 7.68. The fourth-order valence-electron chi connectivity index (χ4n) is 1.92. The van der Waals surface area contributed by atoms with Crippen molar-refractivity contribution >= 4 is 22.3 Å². The minimum Gasteiger partial charge on any atom is -0.466 e. The van der Waals surface area contributed by atoms with Gasteiger partial charge in [0.05, 0.1) is 13.0 Å². The van der Waals surface area contributed by atoms with Crippen molar-refractivity contribution in [3.63, 3.8) is 0 Å². The Hall–Kier alpha value is -2.28. The van der Waals surface area contributed by atoms with Crippen molar-refractivity contribution in [2.45, 2.75) is 13.3 Å². The molecule has 0 bridgehead atoms. The van der Waals surface area contributed by atoms with E-state index < -0.39 is 0 Å². The van der Waals surface area contributed by atoms with Crippen LogP contribution in [0.15, 0.2) is 30.6 Å². The molecular formula is C13H12N4O2S. The lowest BCUT2D eigenvalue weighted by molar-refractivity contribution is -0.142. The molecule has 3 aromatic rings. The molecule has 0 N–H and O–H groups in total. The highest BCUT2D eigenvalue weighted by atomic mass is 32.1. The smallest absolute Gasteiger partial charge is 0.310 e. The fraction of sp³-hybridized carbons (Fsp3) is 0.231. The Kier molecular flexibility index (Phi) is 3.42. The first kappa shape index (κ1) is 12.7. The Balaban J connectivity index is 1.96. The summed E-state index contributed by atoms with van der Waals surface area (Å²) in [7, 11) is 0. The molecule has 0 atom stereocenters. The van der Waals surface area contributed by atoms with Gasteiger partial charge in [-0.1, -0.05) is 35.6 Å². The van der Waals surface area contributed by atoms with E-state index in [1.54, 1.807) is 17.8 Å². The van der Waals surface area contributed by atoms with Crippen LogP contribution in [0.4, 0.5) is 0 Å². The van der Waals surface area contributed by atoms with Gasteiger partial charge in [-0.25, -0.2) is 0 Å². The van der Waals surface area contributed by atoms with Crippen LogP contribution in [0.3, 0.4) is 0 Å². The van der Waals surface area contributed by atoms with Gasteiger partial charge in [0, 0.05) is 5.56 Å². The maximum atomic E-state index is 11.7. The molecule has 3 rings (SSSR count). The zero-order valence-electron chi connectivity index (χ0n) is 10.8. The summed E-state index contributed by atoms with van der Waals surface area (Å²) in [5, 5.41) is 13.0. The second-order valence-electron chi connectivity index (χ2n) is 4.10. The zero-order chi connectivity index (χ0) is 13.9. The Labute approximate surface area is 119 Å². The van der Waals surface area contributed by atoms with Crippen LogP contribution in [0, 0.1) is 0 Å². The SMILES string of the molecule is CCOC(=O)Cc1ccccc1-c1nn2cnnc2s1. The Morgan fingerprint density at radius 3 is 3.05 bits per heavy atom. The van der Waals surface area contributed by atoms with Crippen molar-refractivity contribution in [2.24, 2.45) is 0 Å². The highest BCUT2D eigenvalue weighted by molar-refractivity contribution is 7.19. The number of hydrogen-bond acceptors (Lipinski definition) is 6. The van der Waals surface area contributed by atoms with Crippen molar-refractivity contribution in [2.75, 3.05) is 6.61 Å². The van der Waals surface area contributed by atoms with Crippen LogP contribution in [0.1, 0.15) is 12.5 Å². The van der Waals surface area contributed by atoms with Crippen molar-refractivity contribution in [1.29, 1.82) is 0 Å². The number of hydrogen-bond donors (Lipinski definition) is 0. The Bertz CT molecular complexity index is 721. The molecule has 0 spiro atoms. The van der Waals surface area contributed by atoms with E-state index in [0.29, 0.717) is 6.61 Å². The lowest BCUT2D eigenvalue weighted by Gasteiger charge is -2.06. The van der Waals surface area contributed by atoms with Gasteiger partial charge in [-0.05, 0) is 12.5 Å². The average molecular weight is 288 g/mol. The third-order valence-corrected chi connectivity index (χ3v) is 3.72. The normalized spacial score (nSPS) is 10.8. The van der Waals surface area contributed by atoms with Crippen LogP contribution >= 0.6 is 11.3 Å². The first-order chi connectivity index (χ1) is 9.78. The third kappa shape index (κ3) is 2.39. The third-order valence-electron chi connectivity index (χ3n) is 2.77. The maximum Gasteiger partial charge on any atom is 0.310 e. The largest absolute Gasteiger partial charge is 0.466 e. The number of carbonyl (C=O) groups is 1. The number of benzene rings is 1. The number of carbonyl (C=O) groups excluding carboxylic acids is 1. The molecule has 0 unspecified atom stereocenters. The molecule has 0 fully saturated rings. The van der Waals surface area contributed by atoms with Crippen LogP contribution in [0.25, 0.3) is 15.5 Å². The molecule has 1 aromatic carbocycles. The topological polar surface area (TPSA) is 69.4 Å². The summed E-state index contributed by atoms with van der Waals surface area (Å²) in [6.07, 6.45) is 1.80. The van der Waals surface area contributed by atoms with Crippen molar-refractivity contribution in [3.8, 4) is 10.6 Å². The van der Waals surface area contributed by atoms with E-state index in [2.05, 4.69) is 15.3 Å². The zero-order valence-corrected chi connectivity index (χ0v) is 11.6. The molecule has 0 saturated heterocycles. The number of nitrogens with zero attached hydrogens (tertiary/aromatic N) is 4. The minimum absolute atomic E-state index is 0.233.